The summed E-state index contributed by atoms with van der Waals surface area (Å²) in [6, 6.07) is 3.94. The molecular formula is C27H35N7O5. The SMILES string of the molecule is CC(C)C(NC(=O)C(N)Cc1c[nH]c2ccccc12)C(=O)N1CCCC1C(=O)NC(Cc1cnc[nH]1)C(=O)O. The second kappa shape index (κ2) is 12.1. The highest BCUT2D eigenvalue weighted by Crippen LogP contribution is 2.22. The predicted molar refractivity (Wildman–Crippen MR) is 143 cm³/mol. The fraction of sp³-hybridized carbons (Fsp3) is 0.444. The van der Waals surface area contributed by atoms with Crippen molar-refractivity contribution in [1.82, 2.24) is 30.5 Å². The number of fused-ring (bicyclic) bond motifs is 1. The summed E-state index contributed by atoms with van der Waals surface area (Å²) in [5.74, 6) is -2.85. The number of carboxylic acid groups (broad SMARTS) is 1. The molecule has 0 aliphatic carbocycles. The Hall–Kier alpha value is -4.19. The molecule has 1 fully saturated rings. The largest absolute Gasteiger partial charge is 0.480 e. The number of carbonyl (C=O) groups excluding carboxylic acids is 3. The number of benzene rings is 1. The Morgan fingerprint density at radius 3 is 2.62 bits per heavy atom. The molecule has 0 spiro atoms. The Balaban J connectivity index is 1.40. The maximum atomic E-state index is 13.6. The smallest absolute Gasteiger partial charge is 0.326 e. The molecule has 4 atom stereocenters. The molecule has 4 rings (SSSR count). The number of aliphatic carboxylic acids is 1. The maximum absolute atomic E-state index is 13.6. The molecule has 0 saturated carbocycles. The van der Waals surface area contributed by atoms with Gasteiger partial charge in [0.05, 0.1) is 12.4 Å². The van der Waals surface area contributed by atoms with Gasteiger partial charge in [0.25, 0.3) is 0 Å². The van der Waals surface area contributed by atoms with Crippen LogP contribution in [0.5, 0.6) is 0 Å². The van der Waals surface area contributed by atoms with Gasteiger partial charge in [0.1, 0.15) is 18.1 Å². The van der Waals surface area contributed by atoms with Crippen LogP contribution in [0.25, 0.3) is 10.9 Å². The molecule has 3 aromatic rings. The minimum absolute atomic E-state index is 0.0285. The third-order valence-corrected chi connectivity index (χ3v) is 7.11. The summed E-state index contributed by atoms with van der Waals surface area (Å²) in [5, 5.41) is 15.9. The van der Waals surface area contributed by atoms with Gasteiger partial charge in [-0.3, -0.25) is 14.4 Å². The van der Waals surface area contributed by atoms with Crippen molar-refractivity contribution in [3.63, 3.8) is 0 Å². The van der Waals surface area contributed by atoms with E-state index in [-0.39, 0.29) is 18.8 Å². The molecule has 12 nitrogen and oxygen atoms in total. The first-order chi connectivity index (χ1) is 18.7. The normalized spacial score (nSPS) is 17.6. The van der Waals surface area contributed by atoms with Gasteiger partial charge < -0.3 is 36.3 Å². The summed E-state index contributed by atoms with van der Waals surface area (Å²) in [7, 11) is 0. The lowest BCUT2D eigenvalue weighted by molar-refractivity contribution is -0.145. The van der Waals surface area contributed by atoms with E-state index in [0.29, 0.717) is 25.1 Å². The fourth-order valence-corrected chi connectivity index (χ4v) is 4.97. The number of amides is 3. The lowest BCUT2D eigenvalue weighted by atomic mass is 10.00. The van der Waals surface area contributed by atoms with E-state index in [9.17, 15) is 24.3 Å². The number of nitrogens with zero attached hydrogens (tertiary/aromatic N) is 2. The monoisotopic (exact) mass is 537 g/mol. The molecule has 2 aromatic heterocycles. The van der Waals surface area contributed by atoms with E-state index in [1.165, 1.54) is 17.4 Å². The predicted octanol–water partition coefficient (Wildman–Crippen LogP) is 0.705. The van der Waals surface area contributed by atoms with Gasteiger partial charge in [-0.15, -0.1) is 0 Å². The van der Waals surface area contributed by atoms with Crippen molar-refractivity contribution in [1.29, 1.82) is 0 Å². The van der Waals surface area contributed by atoms with E-state index in [4.69, 9.17) is 5.73 Å². The lowest BCUT2D eigenvalue weighted by Crippen LogP contribution is -2.58. The second-order valence-electron chi connectivity index (χ2n) is 10.3. The highest BCUT2D eigenvalue weighted by atomic mass is 16.4. The Morgan fingerprint density at radius 1 is 1.15 bits per heavy atom. The number of likely N-dealkylation sites (tertiary alicyclic amines) is 1. The number of imidazole rings is 1. The summed E-state index contributed by atoms with van der Waals surface area (Å²) in [5.41, 5.74) is 8.65. The molecule has 39 heavy (non-hydrogen) atoms. The van der Waals surface area contributed by atoms with Crippen LogP contribution in [-0.2, 0) is 32.0 Å². The Labute approximate surface area is 225 Å². The zero-order valence-corrected chi connectivity index (χ0v) is 22.0. The topological polar surface area (TPSA) is 186 Å². The Kier molecular flexibility index (Phi) is 8.65. The van der Waals surface area contributed by atoms with Gasteiger partial charge in [0.2, 0.25) is 17.7 Å². The first-order valence-electron chi connectivity index (χ1n) is 13.1. The zero-order chi connectivity index (χ0) is 28.1. The van der Waals surface area contributed by atoms with E-state index < -0.39 is 47.9 Å². The first-order valence-corrected chi connectivity index (χ1v) is 13.1. The number of aromatic nitrogens is 3. The minimum atomic E-state index is -1.19. The van der Waals surface area contributed by atoms with Crippen molar-refractivity contribution in [2.75, 3.05) is 6.54 Å². The number of nitrogens with one attached hydrogen (secondary N) is 4. The highest BCUT2D eigenvalue weighted by molar-refractivity contribution is 5.95. The quantitative estimate of drug-likeness (QED) is 0.208. The summed E-state index contributed by atoms with van der Waals surface area (Å²) in [6.07, 6.45) is 6.05. The standard InChI is InChI=1S/C27H35N7O5/c1-15(2)23(33-24(35)19(28)10-16-12-30-20-7-4-3-6-18(16)20)26(37)34-9-5-8-22(34)25(36)32-21(27(38)39)11-17-13-29-14-31-17/h3-4,6-7,12-15,19,21-23,30H,5,8-11,28H2,1-2H3,(H,29,31)(H,32,36)(H,33,35)(H,38,39). The van der Waals surface area contributed by atoms with E-state index in [2.05, 4.69) is 25.6 Å². The molecule has 1 aromatic carbocycles. The van der Waals surface area contributed by atoms with Crippen LogP contribution in [-0.4, -0.2) is 79.4 Å². The molecule has 1 aliphatic heterocycles. The van der Waals surface area contributed by atoms with E-state index in [1.807, 2.05) is 44.3 Å². The number of nitrogens with two attached hydrogens (primary N) is 1. The number of hydrogen-bond donors (Lipinski definition) is 6. The number of aromatic amines is 2. The van der Waals surface area contributed by atoms with Crippen LogP contribution in [0.4, 0.5) is 0 Å². The number of para-hydroxylation sites is 1. The molecule has 208 valence electrons. The highest BCUT2D eigenvalue weighted by Gasteiger charge is 2.40. The van der Waals surface area contributed by atoms with Gasteiger partial charge in [0, 0.05) is 42.0 Å². The number of hydrogen-bond acceptors (Lipinski definition) is 6. The molecule has 1 aliphatic rings. The number of H-pyrrole nitrogens is 2. The average Bonchev–Trinajstić information content (AvgIpc) is 3.67. The van der Waals surface area contributed by atoms with Gasteiger partial charge in [0.15, 0.2) is 0 Å². The fourth-order valence-electron chi connectivity index (χ4n) is 4.97. The summed E-state index contributed by atoms with van der Waals surface area (Å²) >= 11 is 0. The number of carbonyl (C=O) groups is 4. The summed E-state index contributed by atoms with van der Waals surface area (Å²) in [6.45, 7) is 3.95. The second-order valence-corrected chi connectivity index (χ2v) is 10.3. The van der Waals surface area contributed by atoms with Crippen LogP contribution in [0.2, 0.25) is 0 Å². The maximum Gasteiger partial charge on any atom is 0.326 e. The van der Waals surface area contributed by atoms with Gasteiger partial charge in [-0.1, -0.05) is 32.0 Å². The molecule has 0 radical (unpaired) electrons. The number of carboxylic acids is 1. The molecular weight excluding hydrogens is 502 g/mol. The van der Waals surface area contributed by atoms with E-state index >= 15 is 0 Å². The molecule has 4 unspecified atom stereocenters. The van der Waals surface area contributed by atoms with Crippen molar-refractivity contribution < 1.29 is 24.3 Å². The number of rotatable bonds is 11. The van der Waals surface area contributed by atoms with Gasteiger partial charge >= 0.3 is 5.97 Å². The van der Waals surface area contributed by atoms with Crippen LogP contribution >= 0.6 is 0 Å². The molecule has 0 bridgehead atoms. The molecule has 3 heterocycles. The molecule has 7 N–H and O–H groups in total. The average molecular weight is 538 g/mol. The van der Waals surface area contributed by atoms with Crippen LogP contribution < -0.4 is 16.4 Å². The van der Waals surface area contributed by atoms with Gasteiger partial charge in [-0.25, -0.2) is 9.78 Å². The Morgan fingerprint density at radius 2 is 1.92 bits per heavy atom. The van der Waals surface area contributed by atoms with E-state index in [0.717, 1.165) is 16.5 Å². The van der Waals surface area contributed by atoms with Crippen LogP contribution in [0.15, 0.2) is 43.0 Å². The molecule has 1 saturated heterocycles. The van der Waals surface area contributed by atoms with Crippen LogP contribution in [0.3, 0.4) is 0 Å². The van der Waals surface area contributed by atoms with Gasteiger partial charge in [-0.05, 0) is 36.8 Å². The molecule has 12 heteroatoms. The Bertz CT molecular complexity index is 1320. The van der Waals surface area contributed by atoms with Crippen molar-refractivity contribution in [3.8, 4) is 0 Å². The van der Waals surface area contributed by atoms with Gasteiger partial charge in [-0.2, -0.15) is 0 Å². The first kappa shape index (κ1) is 27.8. The van der Waals surface area contributed by atoms with Crippen LogP contribution in [0, 0.1) is 5.92 Å². The van der Waals surface area contributed by atoms with Crippen molar-refractivity contribution in [3.05, 3.63) is 54.2 Å². The van der Waals surface area contributed by atoms with Crippen molar-refractivity contribution >= 4 is 34.6 Å². The molecule has 3 amide bonds. The van der Waals surface area contributed by atoms with Crippen molar-refractivity contribution in [2.24, 2.45) is 11.7 Å². The van der Waals surface area contributed by atoms with E-state index in [1.54, 1.807) is 0 Å². The lowest BCUT2D eigenvalue weighted by Gasteiger charge is -2.31. The third kappa shape index (κ3) is 6.45. The summed E-state index contributed by atoms with van der Waals surface area (Å²) < 4.78 is 0. The third-order valence-electron chi connectivity index (χ3n) is 7.11. The summed E-state index contributed by atoms with van der Waals surface area (Å²) in [4.78, 5) is 62.8. The van der Waals surface area contributed by atoms with Crippen molar-refractivity contribution in [2.45, 2.75) is 63.7 Å². The zero-order valence-electron chi connectivity index (χ0n) is 22.0. The minimum Gasteiger partial charge on any atom is -0.480 e. The van der Waals surface area contributed by atoms with Crippen LogP contribution in [0.1, 0.15) is 37.9 Å².